The Balaban J connectivity index is 2.19. The van der Waals surface area contributed by atoms with E-state index in [0.717, 1.165) is 11.1 Å². The zero-order valence-electron chi connectivity index (χ0n) is 10.00. The second-order valence-electron chi connectivity index (χ2n) is 3.96. The van der Waals surface area contributed by atoms with Crippen molar-refractivity contribution in [3.05, 3.63) is 62.6 Å². The highest BCUT2D eigenvalue weighted by Gasteiger charge is 2.10. The molecule has 0 atom stereocenters. The van der Waals surface area contributed by atoms with Gasteiger partial charge in [0.1, 0.15) is 6.61 Å². The summed E-state index contributed by atoms with van der Waals surface area (Å²) in [5.41, 5.74) is 7.71. The molecule has 0 aromatic heterocycles. The van der Waals surface area contributed by atoms with Crippen LogP contribution in [0.5, 0.6) is 5.75 Å². The number of hydrogen-bond acceptors (Lipinski definition) is 2. The highest BCUT2D eigenvalue weighted by atomic mass is 35.5. The van der Waals surface area contributed by atoms with Gasteiger partial charge < -0.3 is 10.5 Å². The lowest BCUT2D eigenvalue weighted by molar-refractivity contribution is 0.305. The fourth-order valence-electron chi connectivity index (χ4n) is 1.71. The molecule has 2 N–H and O–H groups in total. The van der Waals surface area contributed by atoms with E-state index in [1.807, 2.05) is 24.3 Å². The van der Waals surface area contributed by atoms with E-state index in [4.69, 9.17) is 45.3 Å². The van der Waals surface area contributed by atoms with E-state index in [0.29, 0.717) is 34.0 Å². The number of rotatable bonds is 4. The Morgan fingerprint density at radius 3 is 2.11 bits per heavy atom. The largest absolute Gasteiger partial charge is 0.486 e. The van der Waals surface area contributed by atoms with Gasteiger partial charge in [-0.15, -0.1) is 0 Å². The first-order valence-electron chi connectivity index (χ1n) is 5.66. The first kappa shape index (κ1) is 14.5. The van der Waals surface area contributed by atoms with Gasteiger partial charge in [-0.05, 0) is 23.3 Å². The molecule has 0 saturated carbocycles. The molecule has 19 heavy (non-hydrogen) atoms. The second-order valence-corrected chi connectivity index (χ2v) is 5.21. The van der Waals surface area contributed by atoms with E-state index in [9.17, 15) is 0 Å². The average Bonchev–Trinajstić information content (AvgIpc) is 2.38. The maximum Gasteiger partial charge on any atom is 0.157 e. The predicted molar refractivity (Wildman–Crippen MR) is 80.1 cm³/mol. The summed E-state index contributed by atoms with van der Waals surface area (Å²) in [6.07, 6.45) is 0. The lowest BCUT2D eigenvalue weighted by Gasteiger charge is -2.12. The zero-order chi connectivity index (χ0) is 13.8. The van der Waals surface area contributed by atoms with Crippen molar-refractivity contribution in [2.75, 3.05) is 0 Å². The first-order chi connectivity index (χ1) is 9.11. The molecule has 2 aromatic carbocycles. The van der Waals surface area contributed by atoms with Gasteiger partial charge in [0.25, 0.3) is 0 Å². The summed E-state index contributed by atoms with van der Waals surface area (Å²) in [6.45, 7) is 0.816. The summed E-state index contributed by atoms with van der Waals surface area (Å²) in [4.78, 5) is 0. The Morgan fingerprint density at radius 2 is 1.53 bits per heavy atom. The van der Waals surface area contributed by atoms with Crippen LogP contribution in [0.2, 0.25) is 15.1 Å². The van der Waals surface area contributed by atoms with Crippen LogP contribution in [0.15, 0.2) is 36.4 Å². The average molecular weight is 317 g/mol. The van der Waals surface area contributed by atoms with Gasteiger partial charge in [-0.1, -0.05) is 59.1 Å². The van der Waals surface area contributed by atoms with Gasteiger partial charge in [-0.3, -0.25) is 0 Å². The second kappa shape index (κ2) is 6.49. The normalized spacial score (nSPS) is 10.5. The maximum absolute atomic E-state index is 6.06. The Morgan fingerprint density at radius 1 is 0.947 bits per heavy atom. The summed E-state index contributed by atoms with van der Waals surface area (Å²) < 4.78 is 5.67. The molecule has 0 amide bonds. The highest BCUT2D eigenvalue weighted by molar-refractivity contribution is 6.40. The number of benzene rings is 2. The molecule has 0 fully saturated rings. The van der Waals surface area contributed by atoms with Gasteiger partial charge in [-0.2, -0.15) is 0 Å². The van der Waals surface area contributed by atoms with Crippen LogP contribution < -0.4 is 10.5 Å². The Hall–Kier alpha value is -0.930. The van der Waals surface area contributed by atoms with Gasteiger partial charge in [-0.25, -0.2) is 0 Å². The number of nitrogens with two attached hydrogens (primary N) is 1. The van der Waals surface area contributed by atoms with Crippen molar-refractivity contribution in [2.24, 2.45) is 5.73 Å². The molecule has 0 spiro atoms. The molecule has 0 saturated heterocycles. The van der Waals surface area contributed by atoms with Gasteiger partial charge in [0, 0.05) is 11.6 Å². The van der Waals surface area contributed by atoms with E-state index < -0.39 is 0 Å². The van der Waals surface area contributed by atoms with E-state index in [1.54, 1.807) is 12.1 Å². The van der Waals surface area contributed by atoms with Crippen LogP contribution in [-0.4, -0.2) is 0 Å². The molecule has 5 heteroatoms. The third-order valence-corrected chi connectivity index (χ3v) is 3.45. The molecular weight excluding hydrogens is 305 g/mol. The van der Waals surface area contributed by atoms with E-state index >= 15 is 0 Å². The van der Waals surface area contributed by atoms with Crippen molar-refractivity contribution in [3.63, 3.8) is 0 Å². The van der Waals surface area contributed by atoms with Gasteiger partial charge >= 0.3 is 0 Å². The minimum absolute atomic E-state index is 0.356. The number of halogens is 3. The van der Waals surface area contributed by atoms with Crippen molar-refractivity contribution in [3.8, 4) is 5.75 Å². The third kappa shape index (κ3) is 3.54. The van der Waals surface area contributed by atoms with Gasteiger partial charge in [0.2, 0.25) is 0 Å². The fraction of sp³-hybridized carbons (Fsp3) is 0.143. The molecule has 0 heterocycles. The van der Waals surface area contributed by atoms with Crippen LogP contribution in [-0.2, 0) is 13.2 Å². The maximum atomic E-state index is 6.06. The van der Waals surface area contributed by atoms with Crippen LogP contribution >= 0.6 is 34.8 Å². The molecule has 0 unspecified atom stereocenters. The molecule has 0 radical (unpaired) electrons. The highest BCUT2D eigenvalue weighted by Crippen LogP contribution is 2.36. The summed E-state index contributed by atoms with van der Waals surface area (Å²) in [6, 6.07) is 11.0. The topological polar surface area (TPSA) is 35.2 Å². The van der Waals surface area contributed by atoms with Crippen LogP contribution in [0, 0.1) is 0 Å². The van der Waals surface area contributed by atoms with E-state index in [1.165, 1.54) is 0 Å². The Kier molecular flexibility index (Phi) is 4.94. The summed E-state index contributed by atoms with van der Waals surface area (Å²) in [7, 11) is 0. The summed E-state index contributed by atoms with van der Waals surface area (Å²) in [5.74, 6) is 0.430. The Bertz CT molecular complexity index is 564. The predicted octanol–water partition coefficient (Wildman–Crippen LogP) is 4.68. The summed E-state index contributed by atoms with van der Waals surface area (Å²) >= 11 is 18.0. The van der Waals surface area contributed by atoms with Gasteiger partial charge in [0.15, 0.2) is 5.75 Å². The van der Waals surface area contributed by atoms with Gasteiger partial charge in [0.05, 0.1) is 10.0 Å². The number of ether oxygens (including phenoxy) is 1. The monoisotopic (exact) mass is 315 g/mol. The SMILES string of the molecule is NCc1ccccc1COc1c(Cl)cc(Cl)cc1Cl. The van der Waals surface area contributed by atoms with Crippen molar-refractivity contribution >= 4 is 34.8 Å². The van der Waals surface area contributed by atoms with Crippen LogP contribution in [0.25, 0.3) is 0 Å². The number of hydrogen-bond donors (Lipinski definition) is 1. The molecule has 0 bridgehead atoms. The molecule has 100 valence electrons. The molecule has 2 aromatic rings. The third-order valence-electron chi connectivity index (χ3n) is 2.67. The molecule has 0 aliphatic carbocycles. The summed E-state index contributed by atoms with van der Waals surface area (Å²) in [5, 5.41) is 1.26. The van der Waals surface area contributed by atoms with Crippen LogP contribution in [0.1, 0.15) is 11.1 Å². The lowest BCUT2D eigenvalue weighted by atomic mass is 10.1. The Labute approximate surface area is 127 Å². The van der Waals surface area contributed by atoms with E-state index in [2.05, 4.69) is 0 Å². The standard InChI is InChI=1S/C14H12Cl3NO/c15-11-5-12(16)14(13(17)6-11)19-8-10-4-2-1-3-9(10)7-18/h1-6H,7-8,18H2. The minimum atomic E-state index is 0.356. The molecule has 2 nitrogen and oxygen atoms in total. The van der Waals surface area contributed by atoms with Crippen molar-refractivity contribution in [1.29, 1.82) is 0 Å². The van der Waals surface area contributed by atoms with E-state index in [-0.39, 0.29) is 0 Å². The van der Waals surface area contributed by atoms with Crippen LogP contribution in [0.3, 0.4) is 0 Å². The fourth-order valence-corrected chi connectivity index (χ4v) is 2.64. The quantitative estimate of drug-likeness (QED) is 0.888. The molecule has 0 aliphatic heterocycles. The van der Waals surface area contributed by atoms with Crippen molar-refractivity contribution < 1.29 is 4.74 Å². The molecule has 0 aliphatic rings. The minimum Gasteiger partial charge on any atom is -0.486 e. The zero-order valence-corrected chi connectivity index (χ0v) is 12.3. The van der Waals surface area contributed by atoms with Crippen molar-refractivity contribution in [2.45, 2.75) is 13.2 Å². The van der Waals surface area contributed by atoms with Crippen molar-refractivity contribution in [1.82, 2.24) is 0 Å². The first-order valence-corrected chi connectivity index (χ1v) is 6.79. The van der Waals surface area contributed by atoms with Crippen LogP contribution in [0.4, 0.5) is 0 Å². The molecular formula is C14H12Cl3NO. The molecule has 2 rings (SSSR count). The smallest absolute Gasteiger partial charge is 0.157 e. The lowest BCUT2D eigenvalue weighted by Crippen LogP contribution is -2.04.